The number of carbonyl (C=O) groups is 2. The largest absolute Gasteiger partial charge is 0.325 e. The monoisotopic (exact) mass is 330 g/mol. The molecule has 0 atom stereocenters. The third-order valence-corrected chi connectivity index (χ3v) is 4.74. The minimum atomic E-state index is -0.207. The lowest BCUT2D eigenvalue weighted by molar-refractivity contribution is -0.114. The molecule has 2 amide bonds. The molecular formula is C21H18N2O2. The van der Waals surface area contributed by atoms with Gasteiger partial charge in [-0.05, 0) is 54.6 Å². The van der Waals surface area contributed by atoms with E-state index in [1.165, 1.54) is 5.56 Å². The second-order valence-electron chi connectivity index (χ2n) is 6.42. The van der Waals surface area contributed by atoms with Crippen molar-refractivity contribution in [2.75, 3.05) is 16.8 Å². The van der Waals surface area contributed by atoms with Crippen LogP contribution in [-0.2, 0) is 4.79 Å². The highest BCUT2D eigenvalue weighted by atomic mass is 16.2. The molecule has 4 heteroatoms. The lowest BCUT2D eigenvalue weighted by Gasteiger charge is -2.17. The van der Waals surface area contributed by atoms with Crippen LogP contribution in [0.1, 0.15) is 21.5 Å². The molecule has 0 radical (unpaired) electrons. The van der Waals surface area contributed by atoms with E-state index in [1.807, 2.05) is 68.4 Å². The molecule has 1 heterocycles. The van der Waals surface area contributed by atoms with Crippen LogP contribution in [0.4, 0.5) is 11.4 Å². The van der Waals surface area contributed by atoms with Gasteiger partial charge in [0.2, 0.25) is 5.91 Å². The van der Waals surface area contributed by atoms with Gasteiger partial charge in [0.25, 0.3) is 5.91 Å². The molecule has 0 saturated heterocycles. The maximum Gasteiger partial charge on any atom is 0.259 e. The Morgan fingerprint density at radius 2 is 1.76 bits per heavy atom. The van der Waals surface area contributed by atoms with E-state index < -0.39 is 0 Å². The van der Waals surface area contributed by atoms with Gasteiger partial charge in [-0.1, -0.05) is 30.3 Å². The Morgan fingerprint density at radius 1 is 1.00 bits per heavy atom. The van der Waals surface area contributed by atoms with Crippen LogP contribution in [-0.4, -0.2) is 18.4 Å². The maximum absolute atomic E-state index is 12.7. The Hall–Kier alpha value is -3.14. The number of nitrogens with zero attached hydrogens (tertiary/aromatic N) is 1. The van der Waals surface area contributed by atoms with E-state index in [-0.39, 0.29) is 18.4 Å². The summed E-state index contributed by atoms with van der Waals surface area (Å²) in [6.45, 7) is 4.04. The highest BCUT2D eigenvalue weighted by Gasteiger charge is 2.30. The Kier molecular flexibility index (Phi) is 3.53. The van der Waals surface area contributed by atoms with Crippen LogP contribution in [0.15, 0.2) is 54.6 Å². The molecule has 0 spiro atoms. The van der Waals surface area contributed by atoms with Gasteiger partial charge in [0.15, 0.2) is 0 Å². The fourth-order valence-electron chi connectivity index (χ4n) is 3.30. The molecule has 0 bridgehead atoms. The van der Waals surface area contributed by atoms with E-state index in [2.05, 4.69) is 5.32 Å². The number of aryl methyl sites for hydroxylation is 2. The molecule has 1 aliphatic rings. The quantitative estimate of drug-likeness (QED) is 0.787. The van der Waals surface area contributed by atoms with Gasteiger partial charge in [-0.2, -0.15) is 0 Å². The predicted molar refractivity (Wildman–Crippen MR) is 100 cm³/mol. The standard InChI is InChI=1S/C21H18N2O2/c1-13-9-10-16(11-14(13)2)22-19(24)12-23-18-8-4-6-15-5-3-7-17(20(15)18)21(23)25/h3-11H,12H2,1-2H3,(H,22,24). The molecule has 4 rings (SSSR count). The second kappa shape index (κ2) is 5.74. The van der Waals surface area contributed by atoms with Gasteiger partial charge in [0.05, 0.1) is 5.69 Å². The molecule has 0 aliphatic carbocycles. The number of rotatable bonds is 3. The number of nitrogens with one attached hydrogen (secondary N) is 1. The van der Waals surface area contributed by atoms with Crippen LogP contribution in [0.25, 0.3) is 10.8 Å². The Bertz CT molecular complexity index is 1020. The van der Waals surface area contributed by atoms with Crippen LogP contribution in [0.5, 0.6) is 0 Å². The summed E-state index contributed by atoms with van der Waals surface area (Å²) in [5.74, 6) is -0.330. The van der Waals surface area contributed by atoms with Gasteiger partial charge in [-0.3, -0.25) is 14.5 Å². The number of amides is 2. The van der Waals surface area contributed by atoms with Crippen molar-refractivity contribution in [3.63, 3.8) is 0 Å². The van der Waals surface area contributed by atoms with Gasteiger partial charge < -0.3 is 5.32 Å². The first kappa shape index (κ1) is 15.4. The van der Waals surface area contributed by atoms with E-state index in [0.29, 0.717) is 5.56 Å². The molecule has 25 heavy (non-hydrogen) atoms. The van der Waals surface area contributed by atoms with Crippen molar-refractivity contribution in [3.05, 3.63) is 71.3 Å². The molecule has 1 N–H and O–H groups in total. The summed E-state index contributed by atoms with van der Waals surface area (Å²) in [5, 5.41) is 4.82. The van der Waals surface area contributed by atoms with E-state index in [9.17, 15) is 9.59 Å². The summed E-state index contributed by atoms with van der Waals surface area (Å²) in [5.41, 5.74) is 4.50. The average Bonchev–Trinajstić information content (AvgIpc) is 2.86. The van der Waals surface area contributed by atoms with Crippen molar-refractivity contribution in [1.29, 1.82) is 0 Å². The number of benzene rings is 3. The van der Waals surface area contributed by atoms with E-state index in [1.54, 1.807) is 4.90 Å². The first-order valence-electron chi connectivity index (χ1n) is 8.25. The summed E-state index contributed by atoms with van der Waals surface area (Å²) in [6, 6.07) is 17.2. The number of anilines is 2. The van der Waals surface area contributed by atoms with Crippen molar-refractivity contribution in [1.82, 2.24) is 0 Å². The van der Waals surface area contributed by atoms with E-state index in [4.69, 9.17) is 0 Å². The van der Waals surface area contributed by atoms with Gasteiger partial charge in [-0.15, -0.1) is 0 Å². The van der Waals surface area contributed by atoms with Crippen LogP contribution < -0.4 is 10.2 Å². The Labute approximate surface area is 146 Å². The average molecular weight is 330 g/mol. The lowest BCUT2D eigenvalue weighted by atomic mass is 10.1. The third kappa shape index (κ3) is 2.56. The fraction of sp³-hybridized carbons (Fsp3) is 0.143. The van der Waals surface area contributed by atoms with Crippen molar-refractivity contribution < 1.29 is 9.59 Å². The maximum atomic E-state index is 12.7. The summed E-state index contributed by atoms with van der Waals surface area (Å²) in [4.78, 5) is 26.7. The van der Waals surface area contributed by atoms with Crippen LogP contribution >= 0.6 is 0 Å². The zero-order valence-electron chi connectivity index (χ0n) is 14.2. The van der Waals surface area contributed by atoms with Gasteiger partial charge in [-0.25, -0.2) is 0 Å². The van der Waals surface area contributed by atoms with Crippen molar-refractivity contribution in [2.45, 2.75) is 13.8 Å². The second-order valence-corrected chi connectivity index (χ2v) is 6.42. The molecular weight excluding hydrogens is 312 g/mol. The SMILES string of the molecule is Cc1ccc(NC(=O)CN2C(=O)c3cccc4cccc2c34)cc1C. The molecule has 0 fully saturated rings. The summed E-state index contributed by atoms with van der Waals surface area (Å²) >= 11 is 0. The van der Waals surface area contributed by atoms with Crippen LogP contribution in [0, 0.1) is 13.8 Å². The van der Waals surface area contributed by atoms with E-state index in [0.717, 1.165) is 27.7 Å². The van der Waals surface area contributed by atoms with Crippen LogP contribution in [0.2, 0.25) is 0 Å². The van der Waals surface area contributed by atoms with Crippen molar-refractivity contribution in [2.24, 2.45) is 0 Å². The van der Waals surface area contributed by atoms with E-state index >= 15 is 0 Å². The fourth-order valence-corrected chi connectivity index (χ4v) is 3.30. The lowest BCUT2D eigenvalue weighted by Crippen LogP contribution is -2.35. The topological polar surface area (TPSA) is 49.4 Å². The number of hydrogen-bond donors (Lipinski definition) is 1. The Morgan fingerprint density at radius 3 is 2.52 bits per heavy atom. The first-order chi connectivity index (χ1) is 12.0. The number of hydrogen-bond acceptors (Lipinski definition) is 2. The minimum Gasteiger partial charge on any atom is -0.325 e. The number of carbonyl (C=O) groups excluding carboxylic acids is 2. The molecule has 3 aromatic rings. The smallest absolute Gasteiger partial charge is 0.259 e. The van der Waals surface area contributed by atoms with Crippen molar-refractivity contribution >= 4 is 34.0 Å². The predicted octanol–water partition coefficient (Wildman–Crippen LogP) is 4.06. The zero-order valence-corrected chi connectivity index (χ0v) is 14.2. The molecule has 0 saturated carbocycles. The first-order valence-corrected chi connectivity index (χ1v) is 8.25. The van der Waals surface area contributed by atoms with Crippen molar-refractivity contribution in [3.8, 4) is 0 Å². The van der Waals surface area contributed by atoms with Gasteiger partial charge in [0, 0.05) is 16.6 Å². The third-order valence-electron chi connectivity index (χ3n) is 4.74. The highest BCUT2D eigenvalue weighted by Crippen LogP contribution is 2.36. The molecule has 1 aliphatic heterocycles. The molecule has 3 aromatic carbocycles. The molecule has 0 aromatic heterocycles. The minimum absolute atomic E-state index is 0.000446. The summed E-state index contributed by atoms with van der Waals surface area (Å²) in [7, 11) is 0. The van der Waals surface area contributed by atoms with Gasteiger partial charge in [0.1, 0.15) is 6.54 Å². The normalized spacial score (nSPS) is 12.7. The van der Waals surface area contributed by atoms with Crippen LogP contribution in [0.3, 0.4) is 0 Å². The zero-order chi connectivity index (χ0) is 17.6. The molecule has 0 unspecified atom stereocenters. The molecule has 124 valence electrons. The highest BCUT2D eigenvalue weighted by molar-refractivity contribution is 6.26. The summed E-state index contributed by atoms with van der Waals surface area (Å²) in [6.07, 6.45) is 0. The summed E-state index contributed by atoms with van der Waals surface area (Å²) < 4.78 is 0. The van der Waals surface area contributed by atoms with Gasteiger partial charge >= 0.3 is 0 Å². The molecule has 4 nitrogen and oxygen atoms in total. The Balaban J connectivity index is 1.59.